The number of para-hydroxylation sites is 1. The van der Waals surface area contributed by atoms with Crippen molar-refractivity contribution in [1.82, 2.24) is 4.90 Å². The van der Waals surface area contributed by atoms with Gasteiger partial charge < -0.3 is 14.4 Å². The van der Waals surface area contributed by atoms with E-state index in [0.717, 1.165) is 29.5 Å². The molecule has 0 spiro atoms. The highest BCUT2D eigenvalue weighted by Crippen LogP contribution is 2.48. The fraction of sp³-hybridized carbons (Fsp3) is 0.343. The Hall–Kier alpha value is -4.19. The molecule has 212 valence electrons. The van der Waals surface area contributed by atoms with Gasteiger partial charge in [-0.2, -0.15) is 0 Å². The van der Waals surface area contributed by atoms with Crippen LogP contribution >= 0.6 is 0 Å². The van der Waals surface area contributed by atoms with Crippen LogP contribution in [-0.4, -0.2) is 49.4 Å². The van der Waals surface area contributed by atoms with Crippen LogP contribution in [0.25, 0.3) is 0 Å². The first-order valence-electron chi connectivity index (χ1n) is 14.4. The quantitative estimate of drug-likeness (QED) is 0.183. The molecule has 41 heavy (non-hydrogen) atoms. The minimum Gasteiger partial charge on any atom is -0.496 e. The van der Waals surface area contributed by atoms with Crippen LogP contribution in [0.2, 0.25) is 0 Å². The summed E-state index contributed by atoms with van der Waals surface area (Å²) < 4.78 is 11.0. The van der Waals surface area contributed by atoms with E-state index in [1.54, 1.807) is 13.2 Å². The first-order valence-corrected chi connectivity index (χ1v) is 14.4. The maximum atomic E-state index is 14.0. The van der Waals surface area contributed by atoms with Crippen molar-refractivity contribution in [2.24, 2.45) is 5.92 Å². The molecule has 0 saturated carbocycles. The fourth-order valence-corrected chi connectivity index (χ4v) is 6.53. The van der Waals surface area contributed by atoms with Crippen LogP contribution in [0.3, 0.4) is 0 Å². The Balaban J connectivity index is 1.33. The summed E-state index contributed by atoms with van der Waals surface area (Å²) in [5.41, 5.74) is 2.22. The second kappa shape index (κ2) is 12.5. The summed E-state index contributed by atoms with van der Waals surface area (Å²) in [6, 6.07) is 24.9. The maximum Gasteiger partial charge on any atom is 0.321 e. The van der Waals surface area contributed by atoms with Crippen LogP contribution in [0.1, 0.15) is 65.1 Å². The number of Topliss-reactive ketones (excluding diaryl/α,β-unsaturated/α-hetero) is 1. The molecule has 3 aromatic carbocycles. The molecule has 5 rings (SSSR count). The van der Waals surface area contributed by atoms with E-state index in [1.165, 1.54) is 0 Å². The van der Waals surface area contributed by atoms with Crippen LogP contribution < -0.4 is 4.74 Å². The van der Waals surface area contributed by atoms with Crippen molar-refractivity contribution in [2.45, 2.75) is 43.4 Å². The second-order valence-electron chi connectivity index (χ2n) is 10.9. The van der Waals surface area contributed by atoms with Gasteiger partial charge in [0.25, 0.3) is 0 Å². The number of ketones is 1. The van der Waals surface area contributed by atoms with Gasteiger partial charge >= 0.3 is 5.97 Å². The summed E-state index contributed by atoms with van der Waals surface area (Å²) in [6.07, 6.45) is 4.60. The summed E-state index contributed by atoms with van der Waals surface area (Å²) in [4.78, 5) is 42.6. The number of likely N-dealkylation sites (tertiary alicyclic amines) is 1. The van der Waals surface area contributed by atoms with Gasteiger partial charge in [0.1, 0.15) is 17.8 Å². The normalized spacial score (nSPS) is 20.5. The molecule has 1 amide bonds. The minimum absolute atomic E-state index is 0.0778. The molecule has 1 heterocycles. The number of carbonyl (C=O) groups is 3. The Labute approximate surface area is 242 Å². The summed E-state index contributed by atoms with van der Waals surface area (Å²) >= 11 is 0. The zero-order chi connectivity index (χ0) is 28.8. The van der Waals surface area contributed by atoms with E-state index < -0.39 is 5.41 Å². The van der Waals surface area contributed by atoms with E-state index in [4.69, 9.17) is 9.47 Å². The van der Waals surface area contributed by atoms with Crippen LogP contribution in [0.15, 0.2) is 91.5 Å². The number of nitrogens with zero attached hydrogens (tertiary/aromatic N) is 1. The standard InChI is InChI=1S/C35H37NO5/c1-3-23-41-34(39)35(26-11-5-4-6-12-26)20-17-28(27-13-7-9-15-30(27)35)33(38)36-21-18-25(19-22-36)24-31(37)29-14-8-10-16-32(29)40-2/h3-16,25,28H,1,17-24H2,2H3/t28-,35+/m1/s1. The number of esters is 1. The van der Waals surface area contributed by atoms with Crippen molar-refractivity contribution in [3.8, 4) is 5.75 Å². The maximum absolute atomic E-state index is 14.0. The Bertz CT molecular complexity index is 1410. The zero-order valence-corrected chi connectivity index (χ0v) is 23.6. The summed E-state index contributed by atoms with van der Waals surface area (Å²) in [7, 11) is 1.58. The van der Waals surface area contributed by atoms with Crippen LogP contribution in [0.5, 0.6) is 5.75 Å². The summed E-state index contributed by atoms with van der Waals surface area (Å²) in [5.74, 6) is 0.341. The molecule has 2 aliphatic rings. The molecule has 6 heteroatoms. The highest BCUT2D eigenvalue weighted by Gasteiger charge is 2.50. The molecule has 6 nitrogen and oxygen atoms in total. The number of piperidine rings is 1. The van der Waals surface area contributed by atoms with E-state index in [9.17, 15) is 14.4 Å². The summed E-state index contributed by atoms with van der Waals surface area (Å²) in [5, 5.41) is 0. The molecule has 0 aromatic heterocycles. The zero-order valence-electron chi connectivity index (χ0n) is 23.6. The van der Waals surface area contributed by atoms with Crippen molar-refractivity contribution >= 4 is 17.7 Å². The molecule has 0 radical (unpaired) electrons. The van der Waals surface area contributed by atoms with E-state index in [-0.39, 0.29) is 36.1 Å². The number of hydrogen-bond acceptors (Lipinski definition) is 5. The lowest BCUT2D eigenvalue weighted by Crippen LogP contribution is -2.46. The number of amides is 1. The monoisotopic (exact) mass is 551 g/mol. The van der Waals surface area contributed by atoms with E-state index in [2.05, 4.69) is 6.58 Å². The lowest BCUT2D eigenvalue weighted by molar-refractivity contribution is -0.149. The topological polar surface area (TPSA) is 72.9 Å². The van der Waals surface area contributed by atoms with Crippen LogP contribution in [0, 0.1) is 5.92 Å². The number of benzene rings is 3. The highest BCUT2D eigenvalue weighted by molar-refractivity contribution is 5.98. The third-order valence-corrected chi connectivity index (χ3v) is 8.66. The van der Waals surface area contributed by atoms with E-state index >= 15 is 0 Å². The first-order chi connectivity index (χ1) is 20.0. The second-order valence-corrected chi connectivity index (χ2v) is 10.9. The third-order valence-electron chi connectivity index (χ3n) is 8.66. The van der Waals surface area contributed by atoms with Crippen LogP contribution in [0.4, 0.5) is 0 Å². The Morgan fingerprint density at radius 2 is 1.61 bits per heavy atom. The number of hydrogen-bond donors (Lipinski definition) is 0. The largest absolute Gasteiger partial charge is 0.496 e. The van der Waals surface area contributed by atoms with Crippen molar-refractivity contribution in [2.75, 3.05) is 26.8 Å². The SMILES string of the molecule is C=CCOC(=O)[C@]1(c2ccccc2)CC[C@@H](C(=O)N2CCC(CC(=O)c3ccccc3OC)CC2)c2ccccc21. The molecule has 1 aliphatic carbocycles. The molecule has 0 unspecified atom stereocenters. The Morgan fingerprint density at radius 1 is 0.927 bits per heavy atom. The van der Waals surface area contributed by atoms with Crippen molar-refractivity contribution in [3.05, 3.63) is 114 Å². The minimum atomic E-state index is -0.983. The smallest absolute Gasteiger partial charge is 0.321 e. The average molecular weight is 552 g/mol. The van der Waals surface area contributed by atoms with Gasteiger partial charge in [-0.1, -0.05) is 79.4 Å². The number of fused-ring (bicyclic) bond motifs is 1. The lowest BCUT2D eigenvalue weighted by atomic mass is 9.63. The third kappa shape index (κ3) is 5.56. The number of rotatable bonds is 9. The molecule has 1 aliphatic heterocycles. The molecule has 3 aromatic rings. The van der Waals surface area contributed by atoms with Gasteiger partial charge in [-0.25, -0.2) is 0 Å². The van der Waals surface area contributed by atoms with Gasteiger partial charge in [-0.05, 0) is 60.4 Å². The molecule has 0 bridgehead atoms. The van der Waals surface area contributed by atoms with Gasteiger partial charge in [-0.15, -0.1) is 0 Å². The van der Waals surface area contributed by atoms with Gasteiger partial charge in [0, 0.05) is 19.5 Å². The predicted molar refractivity (Wildman–Crippen MR) is 158 cm³/mol. The first kappa shape index (κ1) is 28.3. The highest BCUT2D eigenvalue weighted by atomic mass is 16.5. The number of carbonyl (C=O) groups excluding carboxylic acids is 3. The van der Waals surface area contributed by atoms with Crippen LogP contribution in [-0.2, 0) is 19.7 Å². The van der Waals surface area contributed by atoms with E-state index in [0.29, 0.717) is 43.7 Å². The van der Waals surface area contributed by atoms with Crippen molar-refractivity contribution in [3.63, 3.8) is 0 Å². The van der Waals surface area contributed by atoms with Gasteiger partial charge in [0.2, 0.25) is 5.91 Å². The molecule has 2 atom stereocenters. The summed E-state index contributed by atoms with van der Waals surface area (Å²) in [6.45, 7) is 5.06. The molecule has 1 saturated heterocycles. The molecule has 0 N–H and O–H groups in total. The number of methoxy groups -OCH3 is 1. The Kier molecular flexibility index (Phi) is 8.67. The molecular weight excluding hydrogens is 514 g/mol. The average Bonchev–Trinajstić information content (AvgIpc) is 3.03. The van der Waals surface area contributed by atoms with Gasteiger partial charge in [0.15, 0.2) is 5.78 Å². The van der Waals surface area contributed by atoms with Crippen molar-refractivity contribution < 1.29 is 23.9 Å². The fourth-order valence-electron chi connectivity index (χ4n) is 6.53. The Morgan fingerprint density at radius 3 is 2.34 bits per heavy atom. The molecular formula is C35H37NO5. The van der Waals surface area contributed by atoms with E-state index in [1.807, 2.05) is 83.8 Å². The van der Waals surface area contributed by atoms with Gasteiger partial charge in [-0.3, -0.25) is 14.4 Å². The predicted octanol–water partition coefficient (Wildman–Crippen LogP) is 6.10. The number of ether oxygens (including phenoxy) is 2. The lowest BCUT2D eigenvalue weighted by Gasteiger charge is -2.42. The van der Waals surface area contributed by atoms with Gasteiger partial charge in [0.05, 0.1) is 18.6 Å². The molecule has 1 fully saturated rings. The van der Waals surface area contributed by atoms with Crippen molar-refractivity contribution in [1.29, 1.82) is 0 Å².